The second-order valence-electron chi connectivity index (χ2n) is 4.51. The number of hydrogen-bond acceptors (Lipinski definition) is 3. The molecule has 0 aliphatic rings. The zero-order valence-corrected chi connectivity index (χ0v) is 11.8. The van der Waals surface area contributed by atoms with E-state index in [1.165, 1.54) is 4.90 Å². The maximum absolute atomic E-state index is 12.3. The van der Waals surface area contributed by atoms with Gasteiger partial charge in [0.05, 0.1) is 6.54 Å². The molecule has 1 rings (SSSR count). The number of halogens is 3. The van der Waals surface area contributed by atoms with E-state index in [1.807, 2.05) is 31.3 Å². The minimum absolute atomic E-state index is 0.245. The van der Waals surface area contributed by atoms with Crippen molar-refractivity contribution in [2.75, 3.05) is 33.3 Å². The molecule has 0 amide bonds. The van der Waals surface area contributed by atoms with Crippen LogP contribution >= 0.6 is 0 Å². The lowest BCUT2D eigenvalue weighted by Crippen LogP contribution is -2.36. The molecule has 0 aliphatic heterocycles. The summed E-state index contributed by atoms with van der Waals surface area (Å²) in [7, 11) is 1.87. The van der Waals surface area contributed by atoms with E-state index in [0.717, 1.165) is 12.1 Å². The van der Waals surface area contributed by atoms with Crippen LogP contribution in [0.15, 0.2) is 24.3 Å². The molecule has 6 heteroatoms. The molecule has 1 aromatic rings. The highest BCUT2D eigenvalue weighted by Gasteiger charge is 2.29. The van der Waals surface area contributed by atoms with Gasteiger partial charge in [0.2, 0.25) is 0 Å². The number of nitrogens with one attached hydrogen (secondary N) is 1. The molecule has 0 saturated heterocycles. The number of rotatable bonds is 8. The molecule has 0 heterocycles. The van der Waals surface area contributed by atoms with Crippen molar-refractivity contribution >= 4 is 0 Å². The summed E-state index contributed by atoms with van der Waals surface area (Å²) in [6.07, 6.45) is -4.16. The Balaban J connectivity index is 2.35. The predicted molar refractivity (Wildman–Crippen MR) is 72.9 cm³/mol. The number of benzene rings is 1. The van der Waals surface area contributed by atoms with E-state index in [1.54, 1.807) is 6.92 Å². The van der Waals surface area contributed by atoms with E-state index in [-0.39, 0.29) is 13.2 Å². The van der Waals surface area contributed by atoms with Gasteiger partial charge in [0.15, 0.2) is 0 Å². The number of alkyl halides is 3. The van der Waals surface area contributed by atoms with Gasteiger partial charge in [-0.05, 0) is 31.3 Å². The maximum atomic E-state index is 12.3. The van der Waals surface area contributed by atoms with Crippen LogP contribution in [0.25, 0.3) is 0 Å². The third kappa shape index (κ3) is 6.77. The van der Waals surface area contributed by atoms with Crippen LogP contribution in [0.5, 0.6) is 5.75 Å². The molecule has 0 atom stereocenters. The Bertz CT molecular complexity index is 379. The van der Waals surface area contributed by atoms with Gasteiger partial charge in [0.1, 0.15) is 12.4 Å². The molecular weight excluding hydrogens is 269 g/mol. The first-order chi connectivity index (χ1) is 9.44. The summed E-state index contributed by atoms with van der Waals surface area (Å²) in [5.74, 6) is 0.674. The average Bonchev–Trinajstić information content (AvgIpc) is 2.38. The fraction of sp³-hybridized carbons (Fsp3) is 0.571. The number of nitrogens with zero attached hydrogens (tertiary/aromatic N) is 1. The Morgan fingerprint density at radius 2 is 1.85 bits per heavy atom. The number of likely N-dealkylation sites (N-methyl/N-ethyl adjacent to an activating group) is 1. The van der Waals surface area contributed by atoms with Gasteiger partial charge in [0.25, 0.3) is 0 Å². The van der Waals surface area contributed by atoms with E-state index in [9.17, 15) is 13.2 Å². The van der Waals surface area contributed by atoms with E-state index >= 15 is 0 Å². The highest BCUT2D eigenvalue weighted by Crippen LogP contribution is 2.16. The van der Waals surface area contributed by atoms with Crippen molar-refractivity contribution < 1.29 is 17.9 Å². The van der Waals surface area contributed by atoms with Gasteiger partial charge in [-0.2, -0.15) is 13.2 Å². The molecule has 1 N–H and O–H groups in total. The first-order valence-corrected chi connectivity index (χ1v) is 6.60. The van der Waals surface area contributed by atoms with Gasteiger partial charge in [-0.3, -0.25) is 4.90 Å². The fourth-order valence-electron chi connectivity index (χ4n) is 1.80. The van der Waals surface area contributed by atoms with Crippen LogP contribution in [0, 0.1) is 0 Å². The summed E-state index contributed by atoms with van der Waals surface area (Å²) in [6.45, 7) is 2.44. The van der Waals surface area contributed by atoms with Gasteiger partial charge < -0.3 is 10.1 Å². The summed E-state index contributed by atoms with van der Waals surface area (Å²) in [4.78, 5) is 1.31. The second kappa shape index (κ2) is 8.11. The minimum Gasteiger partial charge on any atom is -0.492 e. The molecule has 3 nitrogen and oxygen atoms in total. The van der Waals surface area contributed by atoms with Crippen molar-refractivity contribution in [3.8, 4) is 5.75 Å². The largest absolute Gasteiger partial charge is 0.492 e. The summed E-state index contributed by atoms with van der Waals surface area (Å²) < 4.78 is 42.3. The molecule has 0 saturated carbocycles. The Morgan fingerprint density at radius 3 is 2.35 bits per heavy atom. The van der Waals surface area contributed by atoms with Crippen molar-refractivity contribution in [2.24, 2.45) is 0 Å². The standard InChI is InChI=1S/C14H21F3N2O/c1-3-19(11-14(15,16)17)8-9-20-13-6-4-12(5-7-13)10-18-2/h4-7,18H,3,8-11H2,1-2H3. The Kier molecular flexibility index (Phi) is 6.81. The molecule has 0 aliphatic carbocycles. The highest BCUT2D eigenvalue weighted by molar-refractivity contribution is 5.27. The third-order valence-electron chi connectivity index (χ3n) is 2.83. The lowest BCUT2D eigenvalue weighted by Gasteiger charge is -2.21. The first-order valence-electron chi connectivity index (χ1n) is 6.60. The molecule has 0 unspecified atom stereocenters. The quantitative estimate of drug-likeness (QED) is 0.796. The van der Waals surface area contributed by atoms with E-state index in [4.69, 9.17) is 4.74 Å². The molecule has 1 aromatic carbocycles. The average molecular weight is 290 g/mol. The summed E-state index contributed by atoms with van der Waals surface area (Å²) in [5, 5.41) is 3.04. The smallest absolute Gasteiger partial charge is 0.401 e. The lowest BCUT2D eigenvalue weighted by atomic mass is 10.2. The summed E-state index contributed by atoms with van der Waals surface area (Å²) in [6, 6.07) is 7.51. The zero-order valence-electron chi connectivity index (χ0n) is 11.8. The molecule has 0 fully saturated rings. The Labute approximate surface area is 117 Å². The molecule has 0 aromatic heterocycles. The second-order valence-corrected chi connectivity index (χ2v) is 4.51. The van der Waals surface area contributed by atoms with Crippen molar-refractivity contribution in [1.82, 2.24) is 10.2 Å². The van der Waals surface area contributed by atoms with Crippen LogP contribution in [0.4, 0.5) is 13.2 Å². The van der Waals surface area contributed by atoms with E-state index in [0.29, 0.717) is 12.3 Å². The van der Waals surface area contributed by atoms with Gasteiger partial charge in [-0.1, -0.05) is 19.1 Å². The maximum Gasteiger partial charge on any atom is 0.401 e. The Morgan fingerprint density at radius 1 is 1.20 bits per heavy atom. The Hall–Kier alpha value is -1.27. The lowest BCUT2D eigenvalue weighted by molar-refractivity contribution is -0.146. The summed E-state index contributed by atoms with van der Waals surface area (Å²) in [5.41, 5.74) is 1.13. The van der Waals surface area contributed by atoms with Crippen molar-refractivity contribution in [2.45, 2.75) is 19.6 Å². The van der Waals surface area contributed by atoms with Gasteiger partial charge in [-0.25, -0.2) is 0 Å². The van der Waals surface area contributed by atoms with Crippen molar-refractivity contribution in [3.63, 3.8) is 0 Å². The molecule has 0 spiro atoms. The fourth-order valence-corrected chi connectivity index (χ4v) is 1.80. The molecule has 20 heavy (non-hydrogen) atoms. The number of ether oxygens (including phenoxy) is 1. The van der Waals surface area contributed by atoms with Crippen molar-refractivity contribution in [1.29, 1.82) is 0 Å². The molecular formula is C14H21F3N2O. The summed E-state index contributed by atoms with van der Waals surface area (Å²) >= 11 is 0. The molecule has 0 bridgehead atoms. The highest BCUT2D eigenvalue weighted by atomic mass is 19.4. The number of hydrogen-bond donors (Lipinski definition) is 1. The minimum atomic E-state index is -4.16. The van der Waals surface area contributed by atoms with Crippen molar-refractivity contribution in [3.05, 3.63) is 29.8 Å². The predicted octanol–water partition coefficient (Wildman–Crippen LogP) is 2.67. The van der Waals surface area contributed by atoms with E-state index in [2.05, 4.69) is 5.32 Å². The molecule has 0 radical (unpaired) electrons. The SMILES string of the molecule is CCN(CCOc1ccc(CNC)cc1)CC(F)(F)F. The van der Waals surface area contributed by atoms with Crippen LogP contribution in [0.3, 0.4) is 0 Å². The zero-order chi connectivity index (χ0) is 15.0. The van der Waals surface area contributed by atoms with Gasteiger partial charge >= 0.3 is 6.18 Å². The van der Waals surface area contributed by atoms with Crippen LogP contribution in [-0.2, 0) is 6.54 Å². The topological polar surface area (TPSA) is 24.5 Å². The molecule has 114 valence electrons. The van der Waals surface area contributed by atoms with E-state index < -0.39 is 12.7 Å². The van der Waals surface area contributed by atoms with Crippen LogP contribution < -0.4 is 10.1 Å². The normalized spacial score (nSPS) is 11.9. The van der Waals surface area contributed by atoms with Crippen LogP contribution in [0.2, 0.25) is 0 Å². The van der Waals surface area contributed by atoms with Crippen LogP contribution in [0.1, 0.15) is 12.5 Å². The van der Waals surface area contributed by atoms with Gasteiger partial charge in [0, 0.05) is 13.1 Å². The first kappa shape index (κ1) is 16.8. The van der Waals surface area contributed by atoms with Crippen LogP contribution in [-0.4, -0.2) is 44.4 Å². The van der Waals surface area contributed by atoms with Gasteiger partial charge in [-0.15, -0.1) is 0 Å². The monoisotopic (exact) mass is 290 g/mol. The third-order valence-corrected chi connectivity index (χ3v) is 2.83.